The van der Waals surface area contributed by atoms with Crippen LogP contribution in [0.4, 0.5) is 13.2 Å². The molecule has 1 aromatic rings. The average Bonchev–Trinajstić information content (AvgIpc) is 2.25. The molecule has 0 saturated carbocycles. The normalized spacial score (nSPS) is 12.4. The lowest BCUT2D eigenvalue weighted by atomic mass is 9.70. The van der Waals surface area contributed by atoms with Crippen LogP contribution in [0, 0.1) is 0 Å². The predicted octanol–water partition coefficient (Wildman–Crippen LogP) is 1.37. The summed E-state index contributed by atoms with van der Waals surface area (Å²) in [6, 6.07) is 1.87. The Hall–Kier alpha value is -1.01. The Bertz CT molecular complexity index is 454. The molecule has 0 unspecified atom stereocenters. The molecule has 0 heterocycles. The van der Waals surface area contributed by atoms with Crippen LogP contribution in [0.25, 0.3) is 0 Å². The van der Waals surface area contributed by atoms with Crippen LogP contribution in [-0.2, 0) is 6.18 Å². The van der Waals surface area contributed by atoms with Crippen molar-refractivity contribution in [3.05, 3.63) is 28.8 Å². The Kier molecular flexibility index (Phi) is 4.69. The van der Waals surface area contributed by atoms with Crippen molar-refractivity contribution < 1.29 is 23.2 Å². The number of alkyl halides is 3. The van der Waals surface area contributed by atoms with Crippen LogP contribution in [0.3, 0.4) is 0 Å². The first-order chi connectivity index (χ1) is 8.57. The van der Waals surface area contributed by atoms with Gasteiger partial charge in [-0.25, -0.2) is 0 Å². The van der Waals surface area contributed by atoms with Crippen molar-refractivity contribution in [3.63, 3.8) is 0 Å². The topological polar surface area (TPSA) is 46.1 Å². The molecular weight excluding hydrogens is 256 g/mol. The van der Waals surface area contributed by atoms with Gasteiger partial charge < -0.3 is 10.0 Å². The fraction of sp³-hybridized carbons (Fsp3) is 0.538. The Balaban J connectivity index is 3.69. The largest absolute Gasteiger partial charge is 0.889 e. The summed E-state index contributed by atoms with van der Waals surface area (Å²) in [6.07, 6.45) is -4.48. The molecule has 0 aliphatic heterocycles. The third kappa shape index (κ3) is 3.31. The zero-order valence-corrected chi connectivity index (χ0v) is 11.3. The van der Waals surface area contributed by atoms with Crippen LogP contribution in [0.5, 0.6) is 0 Å². The highest BCUT2D eigenvalue weighted by Gasteiger charge is 2.35. The molecule has 0 aliphatic rings. The Morgan fingerprint density at radius 1 is 0.947 bits per heavy atom. The van der Waals surface area contributed by atoms with Crippen LogP contribution in [0.2, 0.25) is 0 Å². The fourth-order valence-electron chi connectivity index (χ4n) is 2.37. The second-order valence-electron chi connectivity index (χ2n) is 5.17. The first kappa shape index (κ1) is 16.1. The first-order valence-corrected chi connectivity index (χ1v) is 6.12. The molecule has 0 aromatic heterocycles. The third-order valence-electron chi connectivity index (χ3n) is 3.03. The highest BCUT2D eigenvalue weighted by atomic mass is 19.4. The monoisotopic (exact) mass is 272 g/mol. The summed E-state index contributed by atoms with van der Waals surface area (Å²) >= 11 is 0. The molecule has 0 N–H and O–H groups in total. The number of halogens is 3. The van der Waals surface area contributed by atoms with Crippen LogP contribution in [0.1, 0.15) is 56.2 Å². The SMILES string of the molecule is CC(C)c1c(B([O-])[O-])ccc(C(F)(F)F)c1C(C)C. The molecule has 106 valence electrons. The molecule has 0 atom stereocenters. The quantitative estimate of drug-likeness (QED) is 0.780. The van der Waals surface area contributed by atoms with Crippen molar-refractivity contribution in [2.75, 3.05) is 0 Å². The lowest BCUT2D eigenvalue weighted by molar-refractivity contribution is -0.341. The number of hydrogen-bond acceptors (Lipinski definition) is 2. The zero-order valence-electron chi connectivity index (χ0n) is 11.3. The maximum absolute atomic E-state index is 13.0. The molecule has 1 rings (SSSR count). The van der Waals surface area contributed by atoms with Crippen molar-refractivity contribution in [1.82, 2.24) is 0 Å². The van der Waals surface area contributed by atoms with E-state index >= 15 is 0 Å². The van der Waals surface area contributed by atoms with Crippen molar-refractivity contribution in [1.29, 1.82) is 0 Å². The minimum atomic E-state index is -4.48. The van der Waals surface area contributed by atoms with Gasteiger partial charge in [-0.1, -0.05) is 52.5 Å². The third-order valence-corrected chi connectivity index (χ3v) is 3.03. The maximum Gasteiger partial charge on any atom is 0.416 e. The molecule has 0 saturated heterocycles. The minimum absolute atomic E-state index is 0.0664. The van der Waals surface area contributed by atoms with Gasteiger partial charge in [0.25, 0.3) is 0 Å². The van der Waals surface area contributed by atoms with Gasteiger partial charge in [0, 0.05) is 0 Å². The number of benzene rings is 1. The molecule has 0 bridgehead atoms. The van der Waals surface area contributed by atoms with Gasteiger partial charge >= 0.3 is 6.18 Å². The summed E-state index contributed by atoms with van der Waals surface area (Å²) in [5.74, 6) is -0.715. The van der Waals surface area contributed by atoms with E-state index in [0.29, 0.717) is 0 Å². The van der Waals surface area contributed by atoms with Gasteiger partial charge in [-0.3, -0.25) is 0 Å². The van der Waals surface area contributed by atoms with Crippen LogP contribution >= 0.6 is 0 Å². The molecule has 2 nitrogen and oxygen atoms in total. The summed E-state index contributed by atoms with van der Waals surface area (Å²) in [5, 5.41) is 22.3. The summed E-state index contributed by atoms with van der Waals surface area (Å²) in [5.41, 5.74) is -0.515. The van der Waals surface area contributed by atoms with Gasteiger partial charge in [-0.05, 0) is 17.4 Å². The van der Waals surface area contributed by atoms with E-state index in [1.807, 2.05) is 0 Å². The lowest BCUT2D eigenvalue weighted by Crippen LogP contribution is -2.56. The van der Waals surface area contributed by atoms with Crippen molar-refractivity contribution in [2.45, 2.75) is 45.7 Å². The summed E-state index contributed by atoms with van der Waals surface area (Å²) in [6.45, 7) is 6.64. The molecule has 0 fully saturated rings. The van der Waals surface area contributed by atoms with E-state index in [-0.39, 0.29) is 22.5 Å². The minimum Gasteiger partial charge on any atom is -0.889 e. The molecule has 0 amide bonds. The van der Waals surface area contributed by atoms with E-state index in [1.165, 1.54) is 0 Å². The Labute approximate surface area is 111 Å². The molecular formula is C13H16BF3O2-2. The first-order valence-electron chi connectivity index (χ1n) is 6.12. The van der Waals surface area contributed by atoms with Crippen molar-refractivity contribution >= 4 is 12.6 Å². The molecule has 1 aromatic carbocycles. The highest BCUT2D eigenvalue weighted by molar-refractivity contribution is 6.56. The van der Waals surface area contributed by atoms with Gasteiger partial charge in [-0.2, -0.15) is 13.2 Å². The molecule has 0 aliphatic carbocycles. The fourth-order valence-corrected chi connectivity index (χ4v) is 2.37. The summed E-state index contributed by atoms with van der Waals surface area (Å²) < 4.78 is 39.1. The molecule has 0 spiro atoms. The average molecular weight is 272 g/mol. The standard InChI is InChI=1S/C13H16BF3O2/c1-7(2)11-9(13(15,16)17)5-6-10(14(18)19)12(11)8(3)4/h5-8H,1-4H3/q-2. The van der Waals surface area contributed by atoms with Crippen molar-refractivity contribution in [2.24, 2.45) is 0 Å². The van der Waals surface area contributed by atoms with E-state index < -0.39 is 24.8 Å². The lowest BCUT2D eigenvalue weighted by Gasteiger charge is -2.34. The van der Waals surface area contributed by atoms with Crippen LogP contribution < -0.4 is 15.5 Å². The second-order valence-corrected chi connectivity index (χ2v) is 5.17. The summed E-state index contributed by atoms with van der Waals surface area (Å²) in [7, 11) is -2.27. The van der Waals surface area contributed by atoms with Gasteiger partial charge in [-0.15, -0.1) is 5.46 Å². The van der Waals surface area contributed by atoms with Crippen molar-refractivity contribution in [3.8, 4) is 0 Å². The Morgan fingerprint density at radius 2 is 1.42 bits per heavy atom. The van der Waals surface area contributed by atoms with E-state index in [2.05, 4.69) is 0 Å². The maximum atomic E-state index is 13.0. The van der Waals surface area contributed by atoms with E-state index in [1.54, 1.807) is 27.7 Å². The molecule has 0 radical (unpaired) electrons. The van der Waals surface area contributed by atoms with E-state index in [0.717, 1.165) is 12.1 Å². The van der Waals surface area contributed by atoms with E-state index in [4.69, 9.17) is 0 Å². The number of hydrogen-bond donors (Lipinski definition) is 0. The molecule has 19 heavy (non-hydrogen) atoms. The van der Waals surface area contributed by atoms with Gasteiger partial charge in [0.1, 0.15) is 0 Å². The summed E-state index contributed by atoms with van der Waals surface area (Å²) in [4.78, 5) is 0. The smallest absolute Gasteiger partial charge is 0.416 e. The number of rotatable bonds is 3. The highest BCUT2D eigenvalue weighted by Crippen LogP contribution is 2.38. The molecule has 6 heteroatoms. The predicted molar refractivity (Wildman–Crippen MR) is 65.0 cm³/mol. The Morgan fingerprint density at radius 3 is 1.74 bits per heavy atom. The van der Waals surface area contributed by atoms with Gasteiger partial charge in [0.2, 0.25) is 0 Å². The van der Waals surface area contributed by atoms with Gasteiger partial charge in [0.15, 0.2) is 0 Å². The van der Waals surface area contributed by atoms with Crippen LogP contribution in [-0.4, -0.2) is 7.12 Å². The van der Waals surface area contributed by atoms with Crippen LogP contribution in [0.15, 0.2) is 12.1 Å². The zero-order chi connectivity index (χ0) is 15.0. The second kappa shape index (κ2) is 5.55. The van der Waals surface area contributed by atoms with E-state index in [9.17, 15) is 23.2 Å². The van der Waals surface area contributed by atoms with Gasteiger partial charge in [0.05, 0.1) is 5.56 Å².